The van der Waals surface area contributed by atoms with E-state index in [1.54, 1.807) is 17.0 Å². The molecular weight excluding hydrogens is 749 g/mol. The zero-order valence-corrected chi connectivity index (χ0v) is 31.1. The lowest BCUT2D eigenvalue weighted by atomic mass is 10.1. The molecule has 57 heavy (non-hydrogen) atoms. The lowest BCUT2D eigenvalue weighted by Crippen LogP contribution is -2.52. The average molecular weight is 794 g/mol. The molecule has 304 valence electrons. The molecule has 5 rings (SSSR count). The Morgan fingerprint density at radius 2 is 1.53 bits per heavy atom. The van der Waals surface area contributed by atoms with Crippen molar-refractivity contribution in [1.29, 1.82) is 0 Å². The van der Waals surface area contributed by atoms with Crippen molar-refractivity contribution < 1.29 is 58.3 Å². The number of carbonyl (C=O) groups is 6. The third-order valence-corrected chi connectivity index (χ3v) is 9.37. The van der Waals surface area contributed by atoms with E-state index in [1.807, 2.05) is 0 Å². The van der Waals surface area contributed by atoms with Crippen molar-refractivity contribution in [3.8, 4) is 23.0 Å². The lowest BCUT2D eigenvalue weighted by molar-refractivity contribution is -0.133. The maximum Gasteiger partial charge on any atom is 0.414 e. The minimum atomic E-state index is -0.762. The molecule has 3 aromatic carbocycles. The molecule has 1 atom stereocenters. The van der Waals surface area contributed by atoms with Crippen LogP contribution in [0.15, 0.2) is 54.6 Å². The van der Waals surface area contributed by atoms with E-state index in [0.29, 0.717) is 12.1 Å². The number of nitrogens with one attached hydrogen (secondary N) is 3. The highest BCUT2D eigenvalue weighted by Gasteiger charge is 2.33. The molecule has 0 bridgehead atoms. The highest BCUT2D eigenvalue weighted by Crippen LogP contribution is 2.31. The molecule has 0 radical (unpaired) electrons. The van der Waals surface area contributed by atoms with Crippen LogP contribution in [0.4, 0.5) is 20.6 Å². The van der Waals surface area contributed by atoms with Crippen molar-refractivity contribution in [2.75, 3.05) is 75.2 Å². The maximum atomic E-state index is 15.3. The Bertz CT molecular complexity index is 2010. The number of unbranched alkanes of at least 4 members (excludes halogenated alkanes) is 1. The van der Waals surface area contributed by atoms with Gasteiger partial charge in [-0.3, -0.25) is 28.9 Å². The van der Waals surface area contributed by atoms with Crippen LogP contribution >= 0.6 is 0 Å². The molecule has 6 amide bonds. The molecule has 0 spiro atoms. The van der Waals surface area contributed by atoms with Crippen LogP contribution in [-0.2, 0) is 19.1 Å². The molecule has 7 N–H and O–H groups in total. The average Bonchev–Trinajstić information content (AvgIpc) is 3.57. The molecule has 0 saturated carbocycles. The fourth-order valence-electron chi connectivity index (χ4n) is 6.29. The van der Waals surface area contributed by atoms with Crippen molar-refractivity contribution in [2.45, 2.75) is 25.9 Å². The van der Waals surface area contributed by atoms with Gasteiger partial charge in [-0.05, 0) is 55.3 Å². The van der Waals surface area contributed by atoms with Gasteiger partial charge in [-0.25, -0.2) is 9.18 Å². The minimum Gasteiger partial charge on any atom is -0.504 e. The van der Waals surface area contributed by atoms with Crippen LogP contribution in [0.2, 0.25) is 0 Å². The third-order valence-electron chi connectivity index (χ3n) is 9.37. The van der Waals surface area contributed by atoms with Crippen LogP contribution in [0, 0.1) is 5.82 Å². The topological polar surface area (TPSA) is 242 Å². The number of carbonyl (C=O) groups excluding carboxylic acids is 6. The Morgan fingerprint density at radius 1 is 0.860 bits per heavy atom. The Kier molecular flexibility index (Phi) is 13.6. The van der Waals surface area contributed by atoms with Gasteiger partial charge in [0.15, 0.2) is 23.0 Å². The number of aromatic hydroxyl groups is 4. The van der Waals surface area contributed by atoms with E-state index in [1.165, 1.54) is 59.2 Å². The van der Waals surface area contributed by atoms with E-state index in [0.717, 1.165) is 4.90 Å². The minimum absolute atomic E-state index is 0.0106. The number of rotatable bonds is 15. The number of amides is 6. The van der Waals surface area contributed by atoms with E-state index < -0.39 is 71.2 Å². The predicted octanol–water partition coefficient (Wildman–Crippen LogP) is 1.23. The van der Waals surface area contributed by atoms with Crippen molar-refractivity contribution >= 4 is 47.0 Å². The molecule has 0 aromatic heterocycles. The van der Waals surface area contributed by atoms with Gasteiger partial charge >= 0.3 is 6.09 Å². The SMILES string of the molecule is CC(=O)NCC1CN(c2ccc(N3CCN(C(=O)CNC(=O)CN(CCCCNC(=O)c4cccc(O)c4O)C(=O)c4cccc(O)c4O)CC3)c(F)c2)C(=O)O1. The van der Waals surface area contributed by atoms with E-state index in [2.05, 4.69) is 16.0 Å². The molecular formula is C38H44FN7O11. The molecule has 18 nitrogen and oxygen atoms in total. The molecule has 2 aliphatic heterocycles. The van der Waals surface area contributed by atoms with Gasteiger partial charge in [0.1, 0.15) is 11.9 Å². The fraction of sp³-hybridized carbons (Fsp3) is 0.368. The van der Waals surface area contributed by atoms with E-state index in [9.17, 15) is 49.2 Å². The summed E-state index contributed by atoms with van der Waals surface area (Å²) in [6.07, 6.45) is -0.618. The summed E-state index contributed by atoms with van der Waals surface area (Å²) in [4.78, 5) is 81.2. The molecule has 2 heterocycles. The van der Waals surface area contributed by atoms with Crippen LogP contribution < -0.4 is 25.8 Å². The number of benzene rings is 3. The summed E-state index contributed by atoms with van der Waals surface area (Å²) >= 11 is 0. The van der Waals surface area contributed by atoms with E-state index in [4.69, 9.17) is 4.74 Å². The standard InChI is InChI=1S/C38H44FN7O11/c1-23(47)41-19-25-21-46(38(56)57-25)24-10-11-29(28(39)18-24)43-14-16-44(17-15-43)33(51)20-42-32(50)22-45(37(55)27-7-5-9-31(49)35(27)53)13-3-2-12-40-36(54)26-6-4-8-30(48)34(26)52/h4-11,18,25,48-49,52-53H,2-3,12-17,19-22H2,1H3,(H,40,54)(H,41,47)(H,42,50). The van der Waals surface area contributed by atoms with Crippen LogP contribution in [0.25, 0.3) is 0 Å². The number of halogens is 1. The maximum absolute atomic E-state index is 15.3. The van der Waals surface area contributed by atoms with Gasteiger partial charge in [0.2, 0.25) is 17.7 Å². The summed E-state index contributed by atoms with van der Waals surface area (Å²) in [5.74, 6) is -5.52. The molecule has 2 saturated heterocycles. The summed E-state index contributed by atoms with van der Waals surface area (Å²) in [5.41, 5.74) is 0.207. The number of phenols is 4. The number of piperazine rings is 1. The second kappa shape index (κ2) is 18.7. The van der Waals surface area contributed by atoms with Crippen LogP contribution in [0.3, 0.4) is 0 Å². The van der Waals surface area contributed by atoms with Gasteiger partial charge in [-0.2, -0.15) is 0 Å². The zero-order chi connectivity index (χ0) is 41.2. The lowest BCUT2D eigenvalue weighted by Gasteiger charge is -2.36. The number of anilines is 2. The van der Waals surface area contributed by atoms with Crippen LogP contribution in [-0.4, -0.2) is 137 Å². The highest BCUT2D eigenvalue weighted by molar-refractivity contribution is 6.00. The smallest absolute Gasteiger partial charge is 0.414 e. The number of phenolic OH excluding ortho intramolecular Hbond substituents is 4. The van der Waals surface area contributed by atoms with Crippen molar-refractivity contribution in [2.24, 2.45) is 0 Å². The number of hydrogen-bond donors (Lipinski definition) is 7. The number of ether oxygens (including phenoxy) is 1. The van der Waals surface area contributed by atoms with Crippen molar-refractivity contribution in [1.82, 2.24) is 25.8 Å². The normalized spacial score (nSPS) is 15.2. The second-order valence-corrected chi connectivity index (χ2v) is 13.4. The molecule has 1 unspecified atom stereocenters. The molecule has 2 fully saturated rings. The summed E-state index contributed by atoms with van der Waals surface area (Å²) in [6, 6.07) is 12.2. The van der Waals surface area contributed by atoms with E-state index >= 15 is 4.39 Å². The summed E-state index contributed by atoms with van der Waals surface area (Å²) in [6.45, 7) is 1.87. The number of nitrogens with zero attached hydrogens (tertiary/aromatic N) is 4. The highest BCUT2D eigenvalue weighted by atomic mass is 19.1. The van der Waals surface area contributed by atoms with Gasteiger partial charge in [0.25, 0.3) is 11.8 Å². The van der Waals surface area contributed by atoms with Crippen molar-refractivity contribution in [3.05, 3.63) is 71.5 Å². The zero-order valence-electron chi connectivity index (χ0n) is 31.1. The first-order valence-electron chi connectivity index (χ1n) is 18.1. The van der Waals surface area contributed by atoms with Gasteiger partial charge in [-0.15, -0.1) is 0 Å². The monoisotopic (exact) mass is 793 g/mol. The van der Waals surface area contributed by atoms with E-state index in [-0.39, 0.29) is 88.0 Å². The van der Waals surface area contributed by atoms with Gasteiger partial charge in [-0.1, -0.05) is 12.1 Å². The predicted molar refractivity (Wildman–Crippen MR) is 202 cm³/mol. The number of hydrogen-bond acceptors (Lipinski definition) is 12. The largest absolute Gasteiger partial charge is 0.504 e. The fourth-order valence-corrected chi connectivity index (χ4v) is 6.29. The van der Waals surface area contributed by atoms with Crippen molar-refractivity contribution in [3.63, 3.8) is 0 Å². The van der Waals surface area contributed by atoms with Crippen LogP contribution in [0.1, 0.15) is 40.5 Å². The summed E-state index contributed by atoms with van der Waals surface area (Å²) in [7, 11) is 0. The van der Waals surface area contributed by atoms with Crippen LogP contribution in [0.5, 0.6) is 23.0 Å². The number of cyclic esters (lactones) is 1. The summed E-state index contributed by atoms with van der Waals surface area (Å²) < 4.78 is 20.5. The third kappa shape index (κ3) is 10.5. The van der Waals surface area contributed by atoms with Gasteiger partial charge in [0, 0.05) is 46.2 Å². The molecule has 0 aliphatic carbocycles. The van der Waals surface area contributed by atoms with Gasteiger partial charge in [0.05, 0.1) is 48.7 Å². The Hall–Kier alpha value is -6.79. The van der Waals surface area contributed by atoms with Gasteiger partial charge < -0.3 is 55.8 Å². The first kappa shape index (κ1) is 41.4. The Balaban J connectivity index is 1.10. The first-order valence-corrected chi connectivity index (χ1v) is 18.1. The quantitative estimate of drug-likeness (QED) is 0.0850. The molecule has 3 aromatic rings. The first-order chi connectivity index (χ1) is 27.2. The molecule has 2 aliphatic rings. The number of para-hydroxylation sites is 2. The molecule has 19 heteroatoms. The second-order valence-electron chi connectivity index (χ2n) is 13.4. The Morgan fingerprint density at radius 3 is 2.19 bits per heavy atom. The Labute approximate surface area is 326 Å². The summed E-state index contributed by atoms with van der Waals surface area (Å²) in [5, 5.41) is 47.5.